The van der Waals surface area contributed by atoms with Crippen LogP contribution in [0.2, 0.25) is 5.02 Å². The normalized spacial score (nSPS) is 21.7. The maximum Gasteiger partial charge on any atom is 0.306 e. The Morgan fingerprint density at radius 2 is 2.24 bits per heavy atom. The number of carboxylic acids is 1. The van der Waals surface area contributed by atoms with Gasteiger partial charge < -0.3 is 14.7 Å². The number of anilines is 1. The standard InChI is InChI=1S/C20H21ClN4O4/c21-18-16(10-23-24-19(18)26)25-8-6-15(11-25)29-17-9-14(5-7-22-17)12-1-3-13(4-2-12)20(27)28/h1,5,7,9-10,13,15H,2-4,6,8,11H2,(H,24,26)(H,27,28)/t13?,15-/m1/s1. The van der Waals surface area contributed by atoms with Gasteiger partial charge in [-0.3, -0.25) is 9.59 Å². The summed E-state index contributed by atoms with van der Waals surface area (Å²) in [6, 6.07) is 3.82. The molecule has 2 aliphatic rings. The molecule has 1 unspecified atom stereocenters. The Labute approximate surface area is 172 Å². The van der Waals surface area contributed by atoms with Gasteiger partial charge in [0.05, 0.1) is 24.3 Å². The molecule has 2 aromatic rings. The summed E-state index contributed by atoms with van der Waals surface area (Å²) in [5, 5.41) is 15.4. The smallest absolute Gasteiger partial charge is 0.306 e. The first kappa shape index (κ1) is 19.4. The van der Waals surface area contributed by atoms with E-state index in [0.717, 1.165) is 24.0 Å². The van der Waals surface area contributed by atoms with Gasteiger partial charge in [-0.05, 0) is 36.5 Å². The number of hydrogen-bond donors (Lipinski definition) is 2. The van der Waals surface area contributed by atoms with E-state index < -0.39 is 11.5 Å². The van der Waals surface area contributed by atoms with Gasteiger partial charge in [0.2, 0.25) is 5.88 Å². The largest absolute Gasteiger partial charge is 0.481 e. The Morgan fingerprint density at radius 1 is 1.38 bits per heavy atom. The van der Waals surface area contributed by atoms with E-state index in [4.69, 9.17) is 21.4 Å². The van der Waals surface area contributed by atoms with Crippen LogP contribution in [0.25, 0.3) is 5.57 Å². The summed E-state index contributed by atoms with van der Waals surface area (Å²) in [4.78, 5) is 29.1. The van der Waals surface area contributed by atoms with Gasteiger partial charge in [0, 0.05) is 25.2 Å². The number of hydrogen-bond acceptors (Lipinski definition) is 6. The summed E-state index contributed by atoms with van der Waals surface area (Å²) in [5.74, 6) is -0.501. The van der Waals surface area contributed by atoms with Gasteiger partial charge in [0.15, 0.2) is 0 Å². The molecule has 4 rings (SSSR count). The molecule has 29 heavy (non-hydrogen) atoms. The highest BCUT2D eigenvalue weighted by Crippen LogP contribution is 2.32. The lowest BCUT2D eigenvalue weighted by atomic mass is 9.87. The molecule has 152 valence electrons. The molecule has 1 saturated heterocycles. The van der Waals surface area contributed by atoms with Gasteiger partial charge in [0.25, 0.3) is 5.56 Å². The van der Waals surface area contributed by atoms with E-state index in [0.29, 0.717) is 37.5 Å². The molecule has 0 aromatic carbocycles. The first-order valence-electron chi connectivity index (χ1n) is 9.54. The molecule has 2 aromatic heterocycles. The summed E-state index contributed by atoms with van der Waals surface area (Å²) in [5.41, 5.74) is 2.33. The fourth-order valence-corrected chi connectivity index (χ4v) is 4.01. The number of carboxylic acid groups (broad SMARTS) is 1. The molecule has 0 saturated carbocycles. The van der Waals surface area contributed by atoms with Crippen LogP contribution >= 0.6 is 11.6 Å². The van der Waals surface area contributed by atoms with Crippen molar-refractivity contribution in [3.63, 3.8) is 0 Å². The number of aromatic nitrogens is 3. The Kier molecular flexibility index (Phi) is 5.53. The highest BCUT2D eigenvalue weighted by atomic mass is 35.5. The monoisotopic (exact) mass is 416 g/mol. The van der Waals surface area contributed by atoms with Crippen LogP contribution in [0.1, 0.15) is 31.2 Å². The third-order valence-electron chi connectivity index (χ3n) is 5.42. The Bertz CT molecular complexity index is 1010. The predicted octanol–water partition coefficient (Wildman–Crippen LogP) is 2.74. The Morgan fingerprint density at radius 3 is 3.00 bits per heavy atom. The zero-order valence-electron chi connectivity index (χ0n) is 15.7. The van der Waals surface area contributed by atoms with Crippen LogP contribution in [-0.4, -0.2) is 45.5 Å². The number of halogens is 1. The van der Waals surface area contributed by atoms with E-state index in [-0.39, 0.29) is 17.0 Å². The van der Waals surface area contributed by atoms with Crippen LogP contribution in [0.3, 0.4) is 0 Å². The fourth-order valence-electron chi connectivity index (χ4n) is 3.80. The molecular weight excluding hydrogens is 396 g/mol. The summed E-state index contributed by atoms with van der Waals surface area (Å²) < 4.78 is 6.06. The number of H-pyrrole nitrogens is 1. The molecule has 1 aliphatic heterocycles. The van der Waals surface area contributed by atoms with Crippen LogP contribution in [0.15, 0.2) is 35.4 Å². The van der Waals surface area contributed by atoms with Gasteiger partial charge in [0.1, 0.15) is 11.1 Å². The highest BCUT2D eigenvalue weighted by Gasteiger charge is 2.27. The van der Waals surface area contributed by atoms with Gasteiger partial charge in [-0.1, -0.05) is 17.7 Å². The quantitative estimate of drug-likeness (QED) is 0.771. The minimum Gasteiger partial charge on any atom is -0.481 e. The molecule has 1 aliphatic carbocycles. The second-order valence-corrected chi connectivity index (χ2v) is 7.67. The zero-order chi connectivity index (χ0) is 20.4. The lowest BCUT2D eigenvalue weighted by Crippen LogP contribution is -2.26. The van der Waals surface area contributed by atoms with Crippen LogP contribution in [-0.2, 0) is 4.79 Å². The first-order valence-corrected chi connectivity index (χ1v) is 9.92. The molecule has 9 heteroatoms. The molecule has 0 amide bonds. The van der Waals surface area contributed by atoms with Crippen molar-refractivity contribution in [1.29, 1.82) is 0 Å². The van der Waals surface area contributed by atoms with Crippen molar-refractivity contribution in [1.82, 2.24) is 15.2 Å². The zero-order valence-corrected chi connectivity index (χ0v) is 16.4. The number of pyridine rings is 1. The van der Waals surface area contributed by atoms with Crippen molar-refractivity contribution in [2.75, 3.05) is 18.0 Å². The van der Waals surface area contributed by atoms with Crippen molar-refractivity contribution >= 4 is 28.8 Å². The second kappa shape index (κ2) is 8.24. The Balaban J connectivity index is 1.42. The van der Waals surface area contributed by atoms with Crippen molar-refractivity contribution in [2.45, 2.75) is 31.8 Å². The predicted molar refractivity (Wildman–Crippen MR) is 108 cm³/mol. The average Bonchev–Trinajstić information content (AvgIpc) is 3.18. The fraction of sp³-hybridized carbons (Fsp3) is 0.400. The number of nitrogens with one attached hydrogen (secondary N) is 1. The number of allylic oxidation sites excluding steroid dienone is 2. The molecule has 0 radical (unpaired) electrons. The minimum atomic E-state index is -0.736. The van der Waals surface area contributed by atoms with Gasteiger partial charge >= 0.3 is 5.97 Å². The van der Waals surface area contributed by atoms with E-state index in [9.17, 15) is 9.59 Å². The highest BCUT2D eigenvalue weighted by molar-refractivity contribution is 6.33. The molecule has 3 heterocycles. The third kappa shape index (κ3) is 4.27. The third-order valence-corrected chi connectivity index (χ3v) is 5.78. The van der Waals surface area contributed by atoms with E-state index in [2.05, 4.69) is 15.2 Å². The van der Waals surface area contributed by atoms with E-state index >= 15 is 0 Å². The van der Waals surface area contributed by atoms with Gasteiger partial charge in [-0.2, -0.15) is 5.10 Å². The van der Waals surface area contributed by atoms with Crippen molar-refractivity contribution in [2.24, 2.45) is 5.92 Å². The van der Waals surface area contributed by atoms with Crippen LogP contribution in [0.4, 0.5) is 5.69 Å². The Hall–Kier alpha value is -2.87. The van der Waals surface area contributed by atoms with Crippen LogP contribution in [0, 0.1) is 5.92 Å². The lowest BCUT2D eigenvalue weighted by molar-refractivity contribution is -0.141. The number of carbonyl (C=O) groups is 1. The van der Waals surface area contributed by atoms with Crippen molar-refractivity contribution in [3.8, 4) is 5.88 Å². The van der Waals surface area contributed by atoms with E-state index in [1.54, 1.807) is 12.4 Å². The molecular formula is C20H21ClN4O4. The van der Waals surface area contributed by atoms with Gasteiger partial charge in [-0.15, -0.1) is 0 Å². The van der Waals surface area contributed by atoms with E-state index in [1.165, 1.54) is 0 Å². The van der Waals surface area contributed by atoms with Crippen molar-refractivity contribution in [3.05, 3.63) is 51.5 Å². The number of nitrogens with zero attached hydrogens (tertiary/aromatic N) is 3. The summed E-state index contributed by atoms with van der Waals surface area (Å²) in [6.45, 7) is 1.29. The van der Waals surface area contributed by atoms with Crippen LogP contribution < -0.4 is 15.2 Å². The number of rotatable bonds is 5. The molecule has 2 atom stereocenters. The molecule has 1 fully saturated rings. The average molecular weight is 417 g/mol. The second-order valence-electron chi connectivity index (χ2n) is 7.29. The van der Waals surface area contributed by atoms with Crippen molar-refractivity contribution < 1.29 is 14.6 Å². The van der Waals surface area contributed by atoms with E-state index in [1.807, 2.05) is 23.1 Å². The maximum absolute atomic E-state index is 11.7. The number of aromatic amines is 1. The summed E-state index contributed by atoms with van der Waals surface area (Å²) >= 11 is 6.10. The number of ether oxygens (including phenoxy) is 1. The molecule has 8 nitrogen and oxygen atoms in total. The minimum absolute atomic E-state index is 0.0789. The maximum atomic E-state index is 11.7. The molecule has 0 bridgehead atoms. The molecule has 0 spiro atoms. The lowest BCUT2D eigenvalue weighted by Gasteiger charge is -2.20. The number of aliphatic carboxylic acids is 1. The molecule has 2 N–H and O–H groups in total. The summed E-state index contributed by atoms with van der Waals surface area (Å²) in [6.07, 6.45) is 7.87. The summed E-state index contributed by atoms with van der Waals surface area (Å²) in [7, 11) is 0. The first-order chi connectivity index (χ1) is 14.0. The van der Waals surface area contributed by atoms with Crippen LogP contribution in [0.5, 0.6) is 5.88 Å². The van der Waals surface area contributed by atoms with Gasteiger partial charge in [-0.25, -0.2) is 10.1 Å². The topological polar surface area (TPSA) is 108 Å². The SMILES string of the molecule is O=C(O)C1CC=C(c2ccnc(O[C@@H]3CCN(c4cn[nH]c(=O)c4Cl)C3)c2)CC1.